The molecular formula is C12H16N2O4. The molecule has 18 heavy (non-hydrogen) atoms. The molecule has 1 aromatic rings. The molecule has 6 heteroatoms. The summed E-state index contributed by atoms with van der Waals surface area (Å²) in [5.74, 6) is 1.44. The van der Waals surface area contributed by atoms with Gasteiger partial charge in [-0.15, -0.1) is 0 Å². The van der Waals surface area contributed by atoms with E-state index in [4.69, 9.17) is 9.47 Å². The van der Waals surface area contributed by atoms with Crippen molar-refractivity contribution < 1.29 is 14.4 Å². The number of nitrogens with zero attached hydrogens (tertiary/aromatic N) is 1. The van der Waals surface area contributed by atoms with Crippen LogP contribution in [0.15, 0.2) is 18.2 Å². The number of benzene rings is 1. The summed E-state index contributed by atoms with van der Waals surface area (Å²) in [6.45, 7) is 2.57. The number of ether oxygens (including phenoxy) is 2. The first-order valence-electron chi connectivity index (χ1n) is 5.86. The third-order valence-electron chi connectivity index (χ3n) is 2.99. The number of methoxy groups -OCH3 is 1. The van der Waals surface area contributed by atoms with Gasteiger partial charge in [-0.1, -0.05) is 0 Å². The highest BCUT2D eigenvalue weighted by Gasteiger charge is 2.17. The van der Waals surface area contributed by atoms with Crippen molar-refractivity contribution >= 4 is 5.69 Å². The van der Waals surface area contributed by atoms with Crippen LogP contribution in [0.2, 0.25) is 0 Å². The molecule has 0 spiro atoms. The highest BCUT2D eigenvalue weighted by Crippen LogP contribution is 2.31. The number of nitro groups is 1. The zero-order valence-electron chi connectivity index (χ0n) is 10.2. The van der Waals surface area contributed by atoms with Crippen molar-refractivity contribution in [2.24, 2.45) is 5.92 Å². The smallest absolute Gasteiger partial charge is 0.273 e. The van der Waals surface area contributed by atoms with Crippen LogP contribution in [0.3, 0.4) is 0 Å². The topological polar surface area (TPSA) is 73.6 Å². The predicted molar refractivity (Wildman–Crippen MR) is 66.1 cm³/mol. The molecule has 0 aromatic heterocycles. The molecule has 1 unspecified atom stereocenters. The normalized spacial score (nSPS) is 18.6. The van der Waals surface area contributed by atoms with Gasteiger partial charge in [-0.2, -0.15) is 0 Å². The number of non-ortho nitro benzene ring substituents is 1. The SMILES string of the molecule is COc1cc([N+](=O)[O-])ccc1OCC1CCNC1. The fourth-order valence-electron chi connectivity index (χ4n) is 1.95. The Morgan fingerprint density at radius 1 is 1.50 bits per heavy atom. The molecule has 2 rings (SSSR count). The summed E-state index contributed by atoms with van der Waals surface area (Å²) in [6.07, 6.45) is 1.09. The molecule has 0 aliphatic carbocycles. The van der Waals surface area contributed by atoms with Gasteiger partial charge in [-0.25, -0.2) is 0 Å². The van der Waals surface area contributed by atoms with Crippen LogP contribution in [0.5, 0.6) is 11.5 Å². The molecule has 1 aliphatic heterocycles. The van der Waals surface area contributed by atoms with E-state index in [2.05, 4.69) is 5.32 Å². The molecule has 1 atom stereocenters. The first-order valence-corrected chi connectivity index (χ1v) is 5.86. The second kappa shape index (κ2) is 5.68. The van der Waals surface area contributed by atoms with Gasteiger partial charge in [0.1, 0.15) is 0 Å². The van der Waals surface area contributed by atoms with Crippen molar-refractivity contribution in [2.45, 2.75) is 6.42 Å². The number of hydrogen-bond acceptors (Lipinski definition) is 5. The minimum atomic E-state index is -0.451. The number of hydrogen-bond donors (Lipinski definition) is 1. The number of nitro benzene ring substituents is 1. The van der Waals surface area contributed by atoms with Crippen molar-refractivity contribution in [3.05, 3.63) is 28.3 Å². The fourth-order valence-corrected chi connectivity index (χ4v) is 1.95. The van der Waals surface area contributed by atoms with Gasteiger partial charge in [-0.3, -0.25) is 10.1 Å². The van der Waals surface area contributed by atoms with Crippen LogP contribution in [-0.4, -0.2) is 31.7 Å². The van der Waals surface area contributed by atoms with Crippen LogP contribution in [0.1, 0.15) is 6.42 Å². The molecule has 0 bridgehead atoms. The van der Waals surface area contributed by atoms with Gasteiger partial charge >= 0.3 is 0 Å². The van der Waals surface area contributed by atoms with Crippen molar-refractivity contribution in [2.75, 3.05) is 26.8 Å². The fraction of sp³-hybridized carbons (Fsp3) is 0.500. The Bertz CT molecular complexity index is 430. The molecule has 1 fully saturated rings. The predicted octanol–water partition coefficient (Wildman–Crippen LogP) is 1.59. The second-order valence-corrected chi connectivity index (χ2v) is 4.26. The molecule has 0 radical (unpaired) electrons. The van der Waals surface area contributed by atoms with Crippen molar-refractivity contribution in [3.8, 4) is 11.5 Å². The van der Waals surface area contributed by atoms with Crippen molar-refractivity contribution in [1.29, 1.82) is 0 Å². The Morgan fingerprint density at radius 3 is 2.94 bits per heavy atom. The van der Waals surface area contributed by atoms with E-state index in [0.717, 1.165) is 19.5 Å². The zero-order chi connectivity index (χ0) is 13.0. The molecule has 98 valence electrons. The average molecular weight is 252 g/mol. The Kier molecular flexibility index (Phi) is 3.99. The molecule has 0 saturated carbocycles. The summed E-state index contributed by atoms with van der Waals surface area (Å²) in [4.78, 5) is 10.2. The first-order chi connectivity index (χ1) is 8.70. The van der Waals surface area contributed by atoms with E-state index in [1.807, 2.05) is 0 Å². The van der Waals surface area contributed by atoms with Gasteiger partial charge in [0.2, 0.25) is 0 Å². The molecule has 1 N–H and O–H groups in total. The molecular weight excluding hydrogens is 236 g/mol. The monoisotopic (exact) mass is 252 g/mol. The van der Waals surface area contributed by atoms with Crippen LogP contribution >= 0.6 is 0 Å². The molecule has 1 aliphatic rings. The Hall–Kier alpha value is -1.82. The highest BCUT2D eigenvalue weighted by molar-refractivity contribution is 5.48. The number of nitrogens with one attached hydrogen (secondary N) is 1. The summed E-state index contributed by atoms with van der Waals surface area (Å²) >= 11 is 0. The van der Waals surface area contributed by atoms with Crippen LogP contribution in [0, 0.1) is 16.0 Å². The van der Waals surface area contributed by atoms with Gasteiger partial charge in [0.05, 0.1) is 24.7 Å². The van der Waals surface area contributed by atoms with Gasteiger partial charge in [0, 0.05) is 18.5 Å². The average Bonchev–Trinajstić information content (AvgIpc) is 2.89. The van der Waals surface area contributed by atoms with Crippen LogP contribution in [0.4, 0.5) is 5.69 Å². The summed E-state index contributed by atoms with van der Waals surface area (Å²) in [5, 5.41) is 13.9. The minimum Gasteiger partial charge on any atom is -0.493 e. The van der Waals surface area contributed by atoms with Crippen molar-refractivity contribution in [1.82, 2.24) is 5.32 Å². The zero-order valence-corrected chi connectivity index (χ0v) is 10.2. The number of rotatable bonds is 5. The lowest BCUT2D eigenvalue weighted by Crippen LogP contribution is -2.15. The Morgan fingerprint density at radius 2 is 2.33 bits per heavy atom. The molecule has 6 nitrogen and oxygen atoms in total. The summed E-state index contributed by atoms with van der Waals surface area (Å²) in [5.41, 5.74) is 0.00160. The van der Waals surface area contributed by atoms with E-state index in [1.54, 1.807) is 6.07 Å². The van der Waals surface area contributed by atoms with E-state index < -0.39 is 4.92 Å². The van der Waals surface area contributed by atoms with Crippen LogP contribution in [-0.2, 0) is 0 Å². The van der Waals surface area contributed by atoms with Gasteiger partial charge in [0.25, 0.3) is 5.69 Å². The molecule has 1 heterocycles. The highest BCUT2D eigenvalue weighted by atomic mass is 16.6. The lowest BCUT2D eigenvalue weighted by atomic mass is 10.1. The van der Waals surface area contributed by atoms with E-state index >= 15 is 0 Å². The van der Waals surface area contributed by atoms with Crippen LogP contribution in [0.25, 0.3) is 0 Å². The molecule has 0 amide bonds. The van der Waals surface area contributed by atoms with Gasteiger partial charge < -0.3 is 14.8 Å². The van der Waals surface area contributed by atoms with Crippen molar-refractivity contribution in [3.63, 3.8) is 0 Å². The summed E-state index contributed by atoms with van der Waals surface area (Å²) in [6, 6.07) is 4.38. The molecule has 1 aromatic carbocycles. The lowest BCUT2D eigenvalue weighted by molar-refractivity contribution is -0.384. The van der Waals surface area contributed by atoms with E-state index in [0.29, 0.717) is 24.0 Å². The van der Waals surface area contributed by atoms with Crippen LogP contribution < -0.4 is 14.8 Å². The Balaban J connectivity index is 2.04. The van der Waals surface area contributed by atoms with E-state index in [9.17, 15) is 10.1 Å². The maximum absolute atomic E-state index is 10.6. The lowest BCUT2D eigenvalue weighted by Gasteiger charge is -2.13. The summed E-state index contributed by atoms with van der Waals surface area (Å²) < 4.78 is 10.8. The second-order valence-electron chi connectivity index (χ2n) is 4.26. The Labute approximate surface area is 105 Å². The quantitative estimate of drug-likeness (QED) is 0.636. The third kappa shape index (κ3) is 2.89. The minimum absolute atomic E-state index is 0.00160. The van der Waals surface area contributed by atoms with E-state index in [-0.39, 0.29) is 5.69 Å². The molecule has 1 saturated heterocycles. The summed E-state index contributed by atoms with van der Waals surface area (Å²) in [7, 11) is 1.48. The van der Waals surface area contributed by atoms with Gasteiger partial charge in [-0.05, 0) is 19.0 Å². The van der Waals surface area contributed by atoms with E-state index in [1.165, 1.54) is 19.2 Å². The maximum Gasteiger partial charge on any atom is 0.273 e. The first kappa shape index (κ1) is 12.6. The third-order valence-corrected chi connectivity index (χ3v) is 2.99. The van der Waals surface area contributed by atoms with Gasteiger partial charge in [0.15, 0.2) is 11.5 Å². The maximum atomic E-state index is 10.6. The standard InChI is InChI=1S/C12H16N2O4/c1-17-12-6-10(14(15)16)2-3-11(12)18-8-9-4-5-13-7-9/h2-3,6,9,13H,4-5,7-8H2,1H3. The largest absolute Gasteiger partial charge is 0.493 e.